The number of likely N-dealkylation sites (tertiary alicyclic amines) is 1. The Kier molecular flexibility index (Phi) is 5.41. The number of anilines is 1. The van der Waals surface area contributed by atoms with Crippen molar-refractivity contribution in [2.45, 2.75) is 18.9 Å². The summed E-state index contributed by atoms with van der Waals surface area (Å²) in [6, 6.07) is 7.93. The predicted octanol–water partition coefficient (Wildman–Crippen LogP) is 2.58. The van der Waals surface area contributed by atoms with Crippen molar-refractivity contribution >= 4 is 23.3 Å². The third-order valence-corrected chi connectivity index (χ3v) is 5.12. The van der Waals surface area contributed by atoms with Crippen molar-refractivity contribution in [3.63, 3.8) is 0 Å². The van der Waals surface area contributed by atoms with E-state index in [1.165, 1.54) is 25.9 Å². The molecule has 2 aliphatic heterocycles. The van der Waals surface area contributed by atoms with Crippen molar-refractivity contribution < 1.29 is 4.79 Å². The van der Waals surface area contributed by atoms with Gasteiger partial charge in [0.15, 0.2) is 0 Å². The Morgan fingerprint density at radius 1 is 1.13 bits per heavy atom. The lowest BCUT2D eigenvalue weighted by molar-refractivity contribution is 0.0775. The maximum atomic E-state index is 12.4. The number of piperazine rings is 1. The third-order valence-electron chi connectivity index (χ3n) is 4.88. The van der Waals surface area contributed by atoms with E-state index < -0.39 is 0 Å². The highest BCUT2D eigenvalue weighted by molar-refractivity contribution is 6.30. The Morgan fingerprint density at radius 2 is 1.83 bits per heavy atom. The monoisotopic (exact) mass is 336 g/mol. The van der Waals surface area contributed by atoms with Crippen molar-refractivity contribution in [2.75, 3.05) is 51.6 Å². The van der Waals surface area contributed by atoms with Crippen molar-refractivity contribution in [2.24, 2.45) is 0 Å². The zero-order valence-electron chi connectivity index (χ0n) is 13.7. The Balaban J connectivity index is 1.47. The number of amides is 2. The summed E-state index contributed by atoms with van der Waals surface area (Å²) in [6.07, 6.45) is 2.48. The molecule has 2 saturated heterocycles. The van der Waals surface area contributed by atoms with E-state index in [1.807, 2.05) is 17.0 Å². The van der Waals surface area contributed by atoms with Gasteiger partial charge in [-0.15, -0.1) is 0 Å². The number of hydrogen-bond acceptors (Lipinski definition) is 3. The second-order valence-electron chi connectivity index (χ2n) is 6.50. The molecule has 2 amide bonds. The standard InChI is InChI=1S/C17H25ClN4O/c1-20-7-5-16(6-8-20)21-9-11-22(12-10-21)17(23)19-15-4-2-3-14(18)13-15/h2-4,13,16H,5-12H2,1H3,(H,19,23). The van der Waals surface area contributed by atoms with Gasteiger partial charge in [0.05, 0.1) is 0 Å². The van der Waals surface area contributed by atoms with Crippen LogP contribution in [0, 0.1) is 0 Å². The Labute approximate surface area is 143 Å². The molecular formula is C17H25ClN4O. The van der Waals surface area contributed by atoms with E-state index in [1.54, 1.807) is 12.1 Å². The SMILES string of the molecule is CN1CCC(N2CCN(C(=O)Nc3cccc(Cl)c3)CC2)CC1. The van der Waals surface area contributed by atoms with E-state index in [0.29, 0.717) is 11.1 Å². The van der Waals surface area contributed by atoms with Crippen molar-refractivity contribution in [3.05, 3.63) is 29.3 Å². The molecule has 0 atom stereocenters. The number of halogens is 1. The number of rotatable bonds is 2. The maximum Gasteiger partial charge on any atom is 0.321 e. The number of urea groups is 1. The van der Waals surface area contributed by atoms with Crippen molar-refractivity contribution in [1.29, 1.82) is 0 Å². The fourth-order valence-corrected chi connectivity index (χ4v) is 3.61. The molecule has 5 nitrogen and oxygen atoms in total. The van der Waals surface area contributed by atoms with Crippen LogP contribution in [-0.4, -0.2) is 73.1 Å². The maximum absolute atomic E-state index is 12.4. The molecule has 2 heterocycles. The predicted molar refractivity (Wildman–Crippen MR) is 94.1 cm³/mol. The molecule has 1 aromatic carbocycles. The third kappa shape index (κ3) is 4.37. The molecule has 0 spiro atoms. The smallest absolute Gasteiger partial charge is 0.321 e. The van der Waals surface area contributed by atoms with Gasteiger partial charge in [0.1, 0.15) is 0 Å². The first-order valence-corrected chi connectivity index (χ1v) is 8.74. The van der Waals surface area contributed by atoms with Crippen LogP contribution in [0.2, 0.25) is 5.02 Å². The van der Waals surface area contributed by atoms with Crippen LogP contribution >= 0.6 is 11.6 Å². The summed E-state index contributed by atoms with van der Waals surface area (Å²) in [6.45, 7) is 5.88. The highest BCUT2D eigenvalue weighted by atomic mass is 35.5. The minimum Gasteiger partial charge on any atom is -0.322 e. The lowest BCUT2D eigenvalue weighted by atomic mass is 10.0. The van der Waals surface area contributed by atoms with Crippen LogP contribution in [-0.2, 0) is 0 Å². The molecule has 6 heteroatoms. The number of nitrogens with zero attached hydrogens (tertiary/aromatic N) is 3. The minimum atomic E-state index is -0.0321. The second-order valence-corrected chi connectivity index (χ2v) is 6.93. The Hall–Kier alpha value is -1.30. The first-order chi connectivity index (χ1) is 11.1. The van der Waals surface area contributed by atoms with E-state index in [9.17, 15) is 4.79 Å². The second kappa shape index (κ2) is 7.51. The summed E-state index contributed by atoms with van der Waals surface area (Å²) in [5.41, 5.74) is 0.750. The number of hydrogen-bond donors (Lipinski definition) is 1. The quantitative estimate of drug-likeness (QED) is 0.902. The molecule has 0 saturated carbocycles. The van der Waals surface area contributed by atoms with Gasteiger partial charge >= 0.3 is 6.03 Å². The lowest BCUT2D eigenvalue weighted by Gasteiger charge is -2.42. The number of carbonyl (C=O) groups excluding carboxylic acids is 1. The van der Waals surface area contributed by atoms with Gasteiger partial charge in [-0.3, -0.25) is 4.90 Å². The van der Waals surface area contributed by atoms with Crippen molar-refractivity contribution in [1.82, 2.24) is 14.7 Å². The highest BCUT2D eigenvalue weighted by Gasteiger charge is 2.28. The number of nitrogens with one attached hydrogen (secondary N) is 1. The van der Waals surface area contributed by atoms with Gasteiger partial charge in [0.2, 0.25) is 0 Å². The minimum absolute atomic E-state index is 0.0321. The fourth-order valence-electron chi connectivity index (χ4n) is 3.42. The zero-order valence-corrected chi connectivity index (χ0v) is 14.4. The molecule has 1 aromatic rings. The molecule has 2 fully saturated rings. The van der Waals surface area contributed by atoms with Crippen LogP contribution in [0.1, 0.15) is 12.8 Å². The average molecular weight is 337 g/mol. The van der Waals surface area contributed by atoms with Crippen LogP contribution in [0.4, 0.5) is 10.5 Å². The molecule has 126 valence electrons. The molecule has 3 rings (SSSR count). The van der Waals surface area contributed by atoms with Gasteiger partial charge in [-0.2, -0.15) is 0 Å². The van der Waals surface area contributed by atoms with Crippen LogP contribution in [0.15, 0.2) is 24.3 Å². The number of benzene rings is 1. The van der Waals surface area contributed by atoms with Crippen LogP contribution in [0.3, 0.4) is 0 Å². The lowest BCUT2D eigenvalue weighted by Crippen LogP contribution is -2.54. The fraction of sp³-hybridized carbons (Fsp3) is 0.588. The van der Waals surface area contributed by atoms with Crippen LogP contribution in [0.25, 0.3) is 0 Å². The summed E-state index contributed by atoms with van der Waals surface area (Å²) >= 11 is 5.95. The Morgan fingerprint density at radius 3 is 2.48 bits per heavy atom. The first kappa shape index (κ1) is 16.6. The normalized spacial score (nSPS) is 21.4. The summed E-state index contributed by atoms with van der Waals surface area (Å²) in [4.78, 5) is 19.2. The van der Waals surface area contributed by atoms with Crippen molar-refractivity contribution in [3.8, 4) is 0 Å². The van der Waals surface area contributed by atoms with E-state index in [2.05, 4.69) is 22.2 Å². The summed E-state index contributed by atoms with van der Waals surface area (Å²) < 4.78 is 0. The van der Waals surface area contributed by atoms with Gasteiger partial charge in [-0.05, 0) is 51.2 Å². The van der Waals surface area contributed by atoms with Crippen LogP contribution in [0.5, 0.6) is 0 Å². The topological polar surface area (TPSA) is 38.8 Å². The van der Waals surface area contributed by atoms with Crippen LogP contribution < -0.4 is 5.32 Å². The molecule has 0 unspecified atom stereocenters. The molecular weight excluding hydrogens is 312 g/mol. The van der Waals surface area contributed by atoms with E-state index in [4.69, 9.17) is 11.6 Å². The van der Waals surface area contributed by atoms with Gasteiger partial charge in [-0.1, -0.05) is 17.7 Å². The average Bonchev–Trinajstić information content (AvgIpc) is 2.56. The first-order valence-electron chi connectivity index (χ1n) is 8.36. The Bertz CT molecular complexity index is 537. The van der Waals surface area contributed by atoms with Gasteiger partial charge in [0.25, 0.3) is 0 Å². The highest BCUT2D eigenvalue weighted by Crippen LogP contribution is 2.19. The molecule has 23 heavy (non-hydrogen) atoms. The largest absolute Gasteiger partial charge is 0.322 e. The zero-order chi connectivity index (χ0) is 16.2. The number of carbonyl (C=O) groups is 1. The molecule has 0 aromatic heterocycles. The molecule has 0 radical (unpaired) electrons. The molecule has 0 aliphatic carbocycles. The summed E-state index contributed by atoms with van der Waals surface area (Å²) in [7, 11) is 2.19. The van der Waals surface area contributed by atoms with E-state index >= 15 is 0 Å². The number of piperidine rings is 1. The van der Waals surface area contributed by atoms with Gasteiger partial charge in [-0.25, -0.2) is 4.79 Å². The molecule has 0 bridgehead atoms. The summed E-state index contributed by atoms with van der Waals surface area (Å²) in [5.74, 6) is 0. The summed E-state index contributed by atoms with van der Waals surface area (Å²) in [5, 5.41) is 3.56. The van der Waals surface area contributed by atoms with Gasteiger partial charge < -0.3 is 15.1 Å². The van der Waals surface area contributed by atoms with E-state index in [-0.39, 0.29) is 6.03 Å². The molecule has 2 aliphatic rings. The van der Waals surface area contributed by atoms with Gasteiger partial charge in [0, 0.05) is 42.9 Å². The molecule has 1 N–H and O–H groups in total. The van der Waals surface area contributed by atoms with E-state index in [0.717, 1.165) is 31.9 Å².